The fourth-order valence-corrected chi connectivity index (χ4v) is 2.91. The van der Waals surface area contributed by atoms with Crippen molar-refractivity contribution in [1.29, 1.82) is 0 Å². The van der Waals surface area contributed by atoms with Crippen molar-refractivity contribution in [2.45, 2.75) is 11.8 Å². The van der Waals surface area contributed by atoms with Gasteiger partial charge in [-0.25, -0.2) is 22.6 Å². The summed E-state index contributed by atoms with van der Waals surface area (Å²) in [6.45, 7) is 1.57. The summed E-state index contributed by atoms with van der Waals surface area (Å²) in [7, 11) is -4.13. The zero-order valence-electron chi connectivity index (χ0n) is 11.2. The quantitative estimate of drug-likeness (QED) is 0.831. The van der Waals surface area contributed by atoms with Gasteiger partial charge in [-0.15, -0.1) is 0 Å². The smallest absolute Gasteiger partial charge is 0.340 e. The molecule has 0 unspecified atom stereocenters. The number of pyridine rings is 1. The Bertz CT molecular complexity index is 855. The number of rotatable bonds is 4. The zero-order chi connectivity index (χ0) is 16.5. The van der Waals surface area contributed by atoms with Gasteiger partial charge in [-0.1, -0.05) is 17.7 Å². The molecule has 0 fully saturated rings. The molecule has 2 N–H and O–H groups in total. The largest absolute Gasteiger partial charge is 0.478 e. The number of carboxylic acids is 1. The first-order chi connectivity index (χ1) is 10.2. The van der Waals surface area contributed by atoms with Crippen LogP contribution in [0.15, 0.2) is 35.4 Å². The van der Waals surface area contributed by atoms with Gasteiger partial charge in [0.05, 0.1) is 5.69 Å². The number of aromatic carboxylic acids is 1. The molecule has 6 nitrogen and oxygen atoms in total. The van der Waals surface area contributed by atoms with Crippen molar-refractivity contribution in [2.75, 3.05) is 4.72 Å². The monoisotopic (exact) mass is 344 g/mol. The molecule has 0 atom stereocenters. The maximum Gasteiger partial charge on any atom is 0.340 e. The predicted octanol–water partition coefficient (Wildman–Crippen LogP) is 2.68. The number of nitrogens with one attached hydrogen (secondary N) is 1. The lowest BCUT2D eigenvalue weighted by atomic mass is 10.2. The van der Waals surface area contributed by atoms with Crippen LogP contribution in [0.25, 0.3) is 0 Å². The van der Waals surface area contributed by atoms with Crippen molar-refractivity contribution in [3.05, 3.63) is 52.6 Å². The first kappa shape index (κ1) is 16.2. The molecule has 22 heavy (non-hydrogen) atoms. The highest BCUT2D eigenvalue weighted by molar-refractivity contribution is 7.92. The van der Waals surface area contributed by atoms with Crippen molar-refractivity contribution < 1.29 is 22.7 Å². The molecule has 0 aliphatic heterocycles. The molecule has 0 saturated carbocycles. The third-order valence-electron chi connectivity index (χ3n) is 2.77. The van der Waals surface area contributed by atoms with Crippen LogP contribution in [0.2, 0.25) is 5.15 Å². The van der Waals surface area contributed by atoms with E-state index >= 15 is 0 Å². The molecule has 1 aromatic carbocycles. The van der Waals surface area contributed by atoms with Crippen LogP contribution >= 0.6 is 11.6 Å². The number of nitrogens with zero attached hydrogens (tertiary/aromatic N) is 1. The molecule has 116 valence electrons. The van der Waals surface area contributed by atoms with E-state index in [1.165, 1.54) is 12.1 Å². The molecular formula is C13H10ClFN2O4S. The van der Waals surface area contributed by atoms with E-state index in [2.05, 4.69) is 4.98 Å². The second-order valence-corrected chi connectivity index (χ2v) is 6.39. The van der Waals surface area contributed by atoms with Gasteiger partial charge in [0.1, 0.15) is 21.4 Å². The summed E-state index contributed by atoms with van der Waals surface area (Å²) < 4.78 is 40.1. The number of hydrogen-bond acceptors (Lipinski definition) is 4. The van der Waals surface area contributed by atoms with Gasteiger partial charge in [-0.2, -0.15) is 0 Å². The molecule has 1 heterocycles. The van der Waals surface area contributed by atoms with Crippen molar-refractivity contribution in [3.8, 4) is 0 Å². The SMILES string of the molecule is Cc1cc(S(=O)(=O)Nc2cccc(F)c2C(=O)O)cnc1Cl. The summed E-state index contributed by atoms with van der Waals surface area (Å²) in [5.41, 5.74) is -0.702. The molecule has 1 aromatic heterocycles. The van der Waals surface area contributed by atoms with Crippen LogP contribution < -0.4 is 4.72 Å². The third-order valence-corrected chi connectivity index (χ3v) is 4.50. The Labute approximate surface area is 130 Å². The lowest BCUT2D eigenvalue weighted by molar-refractivity contribution is 0.0693. The van der Waals surface area contributed by atoms with Crippen LogP contribution in [0.1, 0.15) is 15.9 Å². The second-order valence-electron chi connectivity index (χ2n) is 4.35. The van der Waals surface area contributed by atoms with Gasteiger partial charge >= 0.3 is 5.97 Å². The summed E-state index contributed by atoms with van der Waals surface area (Å²) in [6, 6.07) is 4.55. The van der Waals surface area contributed by atoms with E-state index < -0.39 is 27.4 Å². The van der Waals surface area contributed by atoms with Gasteiger partial charge in [0, 0.05) is 6.20 Å². The molecule has 0 bridgehead atoms. The molecule has 0 spiro atoms. The summed E-state index contributed by atoms with van der Waals surface area (Å²) in [6.07, 6.45) is 1.03. The Morgan fingerprint density at radius 3 is 2.68 bits per heavy atom. The predicted molar refractivity (Wildman–Crippen MR) is 78.2 cm³/mol. The third kappa shape index (κ3) is 3.18. The number of carbonyl (C=O) groups is 1. The molecule has 0 aliphatic rings. The molecule has 2 rings (SSSR count). The van der Waals surface area contributed by atoms with Gasteiger partial charge in [-0.3, -0.25) is 4.72 Å². The number of benzene rings is 1. The highest BCUT2D eigenvalue weighted by Gasteiger charge is 2.22. The number of halogens is 2. The molecule has 0 amide bonds. The Balaban J connectivity index is 2.48. The molecule has 0 aliphatic carbocycles. The summed E-state index contributed by atoms with van der Waals surface area (Å²) in [4.78, 5) is 14.6. The van der Waals surface area contributed by atoms with Crippen LogP contribution in [0.3, 0.4) is 0 Å². The maximum absolute atomic E-state index is 13.6. The lowest BCUT2D eigenvalue weighted by Gasteiger charge is -2.11. The Morgan fingerprint density at radius 1 is 1.41 bits per heavy atom. The van der Waals surface area contributed by atoms with E-state index in [0.717, 1.165) is 18.3 Å². The standard InChI is InChI=1S/C13H10ClFN2O4S/c1-7-5-8(6-16-12(7)14)22(20,21)17-10-4-2-3-9(15)11(10)13(18)19/h2-6,17H,1H3,(H,18,19). The fraction of sp³-hybridized carbons (Fsp3) is 0.0769. The Morgan fingerprint density at radius 2 is 2.09 bits per heavy atom. The first-order valence-corrected chi connectivity index (χ1v) is 7.75. The van der Waals surface area contributed by atoms with E-state index in [9.17, 15) is 17.6 Å². The maximum atomic E-state index is 13.6. The van der Waals surface area contributed by atoms with Crippen molar-refractivity contribution in [1.82, 2.24) is 4.98 Å². The highest BCUT2D eigenvalue weighted by atomic mass is 35.5. The number of aryl methyl sites for hydroxylation is 1. The average Bonchev–Trinajstić information content (AvgIpc) is 2.40. The molecule has 9 heteroatoms. The van der Waals surface area contributed by atoms with E-state index in [4.69, 9.17) is 16.7 Å². The van der Waals surface area contributed by atoms with Gasteiger partial charge in [0.25, 0.3) is 10.0 Å². The normalized spacial score (nSPS) is 11.2. The molecule has 0 saturated heterocycles. The van der Waals surface area contributed by atoms with Crippen LogP contribution in [0, 0.1) is 12.7 Å². The van der Waals surface area contributed by atoms with Gasteiger partial charge in [0.2, 0.25) is 0 Å². The zero-order valence-corrected chi connectivity index (χ0v) is 12.7. The number of hydrogen-bond donors (Lipinski definition) is 2. The highest BCUT2D eigenvalue weighted by Crippen LogP contribution is 2.23. The minimum Gasteiger partial charge on any atom is -0.478 e. The van der Waals surface area contributed by atoms with Gasteiger partial charge < -0.3 is 5.11 Å². The van der Waals surface area contributed by atoms with Crippen LogP contribution in [-0.2, 0) is 10.0 Å². The van der Waals surface area contributed by atoms with Crippen molar-refractivity contribution >= 4 is 33.3 Å². The van der Waals surface area contributed by atoms with Crippen molar-refractivity contribution in [3.63, 3.8) is 0 Å². The average molecular weight is 345 g/mol. The minimum absolute atomic E-state index is 0.149. The van der Waals surface area contributed by atoms with Crippen LogP contribution in [-0.4, -0.2) is 24.5 Å². The lowest BCUT2D eigenvalue weighted by Crippen LogP contribution is -2.17. The van der Waals surface area contributed by atoms with Crippen LogP contribution in [0.4, 0.5) is 10.1 Å². The molecular weight excluding hydrogens is 335 g/mol. The number of sulfonamides is 1. The number of aromatic nitrogens is 1. The fourth-order valence-electron chi connectivity index (χ4n) is 1.71. The van der Waals surface area contributed by atoms with E-state index in [1.54, 1.807) is 6.92 Å². The Kier molecular flexibility index (Phi) is 4.34. The Hall–Kier alpha value is -2.19. The molecule has 0 radical (unpaired) electrons. The van der Waals surface area contributed by atoms with Crippen molar-refractivity contribution in [2.24, 2.45) is 0 Å². The summed E-state index contributed by atoms with van der Waals surface area (Å²) >= 11 is 5.72. The number of anilines is 1. The van der Waals surface area contributed by atoms with E-state index in [0.29, 0.717) is 5.56 Å². The van der Waals surface area contributed by atoms with Gasteiger partial charge in [0.15, 0.2) is 0 Å². The topological polar surface area (TPSA) is 96.4 Å². The summed E-state index contributed by atoms with van der Waals surface area (Å²) in [5.74, 6) is -2.63. The summed E-state index contributed by atoms with van der Waals surface area (Å²) in [5, 5.41) is 9.14. The number of carboxylic acid groups (broad SMARTS) is 1. The van der Waals surface area contributed by atoms with Gasteiger partial charge in [-0.05, 0) is 30.7 Å². The minimum atomic E-state index is -4.13. The van der Waals surface area contributed by atoms with Crippen LogP contribution in [0.5, 0.6) is 0 Å². The molecule has 2 aromatic rings. The first-order valence-electron chi connectivity index (χ1n) is 5.89. The second kappa shape index (κ2) is 5.90. The van der Waals surface area contributed by atoms with E-state index in [-0.39, 0.29) is 15.7 Å². The van der Waals surface area contributed by atoms with E-state index in [1.807, 2.05) is 4.72 Å².